The van der Waals surface area contributed by atoms with Crippen LogP contribution in [0.1, 0.15) is 70.8 Å². The van der Waals surface area contributed by atoms with Crippen LogP contribution in [0, 0.1) is 11.3 Å². The second-order valence-corrected chi connectivity index (χ2v) is 15.3. The summed E-state index contributed by atoms with van der Waals surface area (Å²) in [5, 5.41) is 4.13. The number of benzene rings is 1. The largest absolute Gasteiger partial charge is 0.366 e. The van der Waals surface area contributed by atoms with E-state index in [2.05, 4.69) is 5.32 Å². The molecule has 5 aliphatic rings. The third kappa shape index (κ3) is 5.35. The Bertz CT molecular complexity index is 1280. The molecule has 4 fully saturated rings. The van der Waals surface area contributed by atoms with Gasteiger partial charge in [-0.3, -0.25) is 14.2 Å². The summed E-state index contributed by atoms with van der Waals surface area (Å²) in [5.74, 6) is -2.34. The van der Waals surface area contributed by atoms with E-state index in [1.165, 1.54) is 4.31 Å². The third-order valence-electron chi connectivity index (χ3n) is 8.88. The first-order chi connectivity index (χ1) is 18.1. The summed E-state index contributed by atoms with van der Waals surface area (Å²) in [4.78, 5) is 17.8. The fraction of sp³-hybridized carbons (Fsp3) is 0.704. The number of sulfonamides is 1. The average Bonchev–Trinajstić information content (AvgIpc) is 3.09. The number of alkyl halides is 3. The first-order valence-corrected chi connectivity index (χ1v) is 15.7. The Morgan fingerprint density at radius 2 is 1.82 bits per heavy atom. The van der Waals surface area contributed by atoms with E-state index in [1.54, 1.807) is 18.2 Å². The molecule has 2 bridgehead atoms. The molecule has 39 heavy (non-hydrogen) atoms. The zero-order valence-electron chi connectivity index (χ0n) is 22.1. The summed E-state index contributed by atoms with van der Waals surface area (Å²) in [7, 11) is -3.76. The van der Waals surface area contributed by atoms with E-state index >= 15 is 0 Å². The predicted octanol–water partition coefficient (Wildman–Crippen LogP) is 5.95. The van der Waals surface area contributed by atoms with Gasteiger partial charge in [0, 0.05) is 36.8 Å². The van der Waals surface area contributed by atoms with Gasteiger partial charge in [-0.1, -0.05) is 29.3 Å². The molecule has 0 spiro atoms. The number of nitrogens with zero attached hydrogens (tertiary/aromatic N) is 2. The average molecular weight is 609 g/mol. The molecule has 0 aromatic heterocycles. The van der Waals surface area contributed by atoms with Crippen molar-refractivity contribution < 1.29 is 26.4 Å². The number of rotatable bonds is 12. The summed E-state index contributed by atoms with van der Waals surface area (Å²) in [6.45, 7) is 3.20. The number of amidine groups is 1. The van der Waals surface area contributed by atoms with E-state index in [4.69, 9.17) is 28.2 Å². The number of carbonyl (C=O) groups is 1. The number of hydrogen-bond donors (Lipinski definition) is 1. The highest BCUT2D eigenvalue weighted by atomic mass is 35.5. The van der Waals surface area contributed by atoms with Crippen molar-refractivity contribution in [2.75, 3.05) is 12.4 Å². The van der Waals surface area contributed by atoms with Crippen LogP contribution in [-0.4, -0.2) is 59.8 Å². The maximum Gasteiger partial charge on any atom is 0.248 e. The number of aliphatic imine (C=N–C) groups is 1. The molecule has 0 saturated heterocycles. The molecule has 4 aliphatic carbocycles. The Morgan fingerprint density at radius 3 is 2.41 bits per heavy atom. The van der Waals surface area contributed by atoms with Crippen LogP contribution >= 0.6 is 23.2 Å². The number of ketones is 1. The number of nitrogens with one attached hydrogen (secondary N) is 1. The Hall–Kier alpha value is -1.36. The molecule has 1 heterocycles. The van der Waals surface area contributed by atoms with Gasteiger partial charge in [0.2, 0.25) is 15.9 Å². The van der Waals surface area contributed by atoms with Gasteiger partial charge in [0.25, 0.3) is 0 Å². The number of carbonyl (C=O) groups excluding carboxylic acids is 1. The molecular formula is C27H34Cl2F3N3O3S. The topological polar surface area (TPSA) is 78.8 Å². The SMILES string of the molecule is CC1(C)NC(C23CC(N(Cc4ccc(Cl)c(Cl)c4)S(=O)(=O)CCCF)(C2)C3)=N[C@H]1C(=O)CCC1CC(F)(F)C1. The summed E-state index contributed by atoms with van der Waals surface area (Å²) < 4.78 is 67.4. The quantitative estimate of drug-likeness (QED) is 0.318. The molecule has 0 radical (unpaired) electrons. The van der Waals surface area contributed by atoms with Crippen LogP contribution in [0.15, 0.2) is 23.2 Å². The molecule has 1 aromatic carbocycles. The first-order valence-electron chi connectivity index (χ1n) is 13.4. The normalized spacial score (nSPS) is 30.7. The van der Waals surface area contributed by atoms with E-state index in [9.17, 15) is 26.4 Å². The first kappa shape index (κ1) is 29.1. The standard InChI is InChI=1S/C27H34Cl2F3N3O3S/c1-24(2)22(21(36)7-5-18-11-27(31,32)12-18)33-23(34-24)25-14-26(15-25,16-25)35(39(37,38)9-3-8-30)13-17-4-6-19(28)20(29)10-17/h4,6,10,18,22H,3,5,7-9,11-16H2,1-2H3,(H,33,34)/t22-,25?,26?/m0/s1. The molecule has 1 atom stereocenters. The zero-order chi connectivity index (χ0) is 28.4. The molecule has 4 saturated carbocycles. The fourth-order valence-corrected chi connectivity index (χ4v) is 9.02. The third-order valence-corrected chi connectivity index (χ3v) is 11.6. The van der Waals surface area contributed by atoms with E-state index in [0.29, 0.717) is 41.3 Å². The van der Waals surface area contributed by atoms with Gasteiger partial charge in [0.15, 0.2) is 5.78 Å². The van der Waals surface area contributed by atoms with Crippen LogP contribution < -0.4 is 5.32 Å². The van der Waals surface area contributed by atoms with Crippen molar-refractivity contribution in [1.82, 2.24) is 9.62 Å². The van der Waals surface area contributed by atoms with Gasteiger partial charge >= 0.3 is 0 Å². The highest BCUT2D eigenvalue weighted by Crippen LogP contribution is 2.71. The Balaban J connectivity index is 1.28. The molecular weight excluding hydrogens is 574 g/mol. The van der Waals surface area contributed by atoms with Crippen LogP contribution in [0.2, 0.25) is 10.0 Å². The van der Waals surface area contributed by atoms with E-state index in [0.717, 1.165) is 5.84 Å². The van der Waals surface area contributed by atoms with Crippen LogP contribution in [-0.2, 0) is 21.4 Å². The summed E-state index contributed by atoms with van der Waals surface area (Å²) >= 11 is 12.2. The smallest absolute Gasteiger partial charge is 0.248 e. The molecule has 6 nitrogen and oxygen atoms in total. The molecule has 216 valence electrons. The van der Waals surface area contributed by atoms with Crippen LogP contribution in [0.5, 0.6) is 0 Å². The number of hydrogen-bond acceptors (Lipinski definition) is 5. The van der Waals surface area contributed by atoms with Crippen LogP contribution in [0.3, 0.4) is 0 Å². The molecule has 0 unspecified atom stereocenters. The molecule has 1 aromatic rings. The van der Waals surface area contributed by atoms with Gasteiger partial charge in [-0.15, -0.1) is 0 Å². The minimum Gasteiger partial charge on any atom is -0.366 e. The monoisotopic (exact) mass is 607 g/mol. The Kier molecular flexibility index (Phi) is 7.38. The molecule has 12 heteroatoms. The van der Waals surface area contributed by atoms with Crippen molar-refractivity contribution >= 4 is 44.8 Å². The highest BCUT2D eigenvalue weighted by Gasteiger charge is 2.75. The zero-order valence-corrected chi connectivity index (χ0v) is 24.4. The summed E-state index contributed by atoms with van der Waals surface area (Å²) in [5.41, 5.74) is -0.869. The van der Waals surface area contributed by atoms with Gasteiger partial charge in [-0.2, -0.15) is 4.31 Å². The van der Waals surface area contributed by atoms with Crippen molar-refractivity contribution in [3.63, 3.8) is 0 Å². The van der Waals surface area contributed by atoms with Gasteiger partial charge in [0.05, 0.1) is 28.0 Å². The van der Waals surface area contributed by atoms with Crippen molar-refractivity contribution in [1.29, 1.82) is 0 Å². The van der Waals surface area contributed by atoms with E-state index in [1.807, 2.05) is 13.8 Å². The summed E-state index contributed by atoms with van der Waals surface area (Å²) in [6.07, 6.45) is 1.93. The maximum atomic E-state index is 13.3. The number of Topliss-reactive ketones (excluding diaryl/α,β-unsaturated/α-hetero) is 1. The summed E-state index contributed by atoms with van der Waals surface area (Å²) in [6, 6.07) is 4.40. The molecule has 6 rings (SSSR count). The predicted molar refractivity (Wildman–Crippen MR) is 146 cm³/mol. The van der Waals surface area contributed by atoms with Crippen molar-refractivity contribution in [2.45, 2.75) is 94.8 Å². The second-order valence-electron chi connectivity index (χ2n) is 12.5. The van der Waals surface area contributed by atoms with Gasteiger partial charge in [-0.25, -0.2) is 17.2 Å². The van der Waals surface area contributed by atoms with E-state index in [-0.39, 0.29) is 55.1 Å². The van der Waals surface area contributed by atoms with Gasteiger partial charge in [0.1, 0.15) is 11.9 Å². The Labute approximate surface area is 237 Å². The van der Waals surface area contributed by atoms with Crippen molar-refractivity contribution in [3.05, 3.63) is 33.8 Å². The Morgan fingerprint density at radius 1 is 1.15 bits per heavy atom. The van der Waals surface area contributed by atoms with Crippen LogP contribution in [0.25, 0.3) is 0 Å². The lowest BCUT2D eigenvalue weighted by Gasteiger charge is -2.73. The number of halogens is 5. The fourth-order valence-electron chi connectivity index (χ4n) is 6.87. The van der Waals surface area contributed by atoms with E-state index < -0.39 is 39.7 Å². The van der Waals surface area contributed by atoms with Crippen molar-refractivity contribution in [2.24, 2.45) is 16.3 Å². The van der Waals surface area contributed by atoms with Crippen molar-refractivity contribution in [3.8, 4) is 0 Å². The maximum absolute atomic E-state index is 13.3. The lowest BCUT2D eigenvalue weighted by atomic mass is 9.38. The minimum absolute atomic E-state index is 0.0610. The molecule has 1 N–H and O–H groups in total. The second kappa shape index (κ2) is 9.88. The highest BCUT2D eigenvalue weighted by molar-refractivity contribution is 7.89. The molecule has 0 amide bonds. The lowest BCUT2D eigenvalue weighted by Crippen LogP contribution is -2.78. The molecule has 1 aliphatic heterocycles. The van der Waals surface area contributed by atoms with Gasteiger partial charge < -0.3 is 5.32 Å². The lowest BCUT2D eigenvalue weighted by molar-refractivity contribution is -0.151. The minimum atomic E-state index is -3.76. The van der Waals surface area contributed by atoms with Gasteiger partial charge in [-0.05, 0) is 69.6 Å². The van der Waals surface area contributed by atoms with Crippen LogP contribution in [0.4, 0.5) is 13.2 Å².